The van der Waals surface area contributed by atoms with Gasteiger partial charge in [0.15, 0.2) is 26.4 Å². The van der Waals surface area contributed by atoms with Gasteiger partial charge in [-0.25, -0.2) is 36.2 Å². The number of anilines is 2. The van der Waals surface area contributed by atoms with Gasteiger partial charge in [0.05, 0.1) is 18.1 Å². The van der Waals surface area contributed by atoms with E-state index in [0.29, 0.717) is 39.2 Å². The Bertz CT molecular complexity index is 1680. The van der Waals surface area contributed by atoms with Crippen LogP contribution in [0.4, 0.5) is 15.9 Å². The summed E-state index contributed by atoms with van der Waals surface area (Å²) in [7, 11) is -8.21. The fourth-order valence-electron chi connectivity index (χ4n) is 3.82. The maximum atomic E-state index is 14.3. The first-order chi connectivity index (χ1) is 16.8. The molecule has 1 unspecified atom stereocenters. The Balaban J connectivity index is 1.90. The number of halogens is 2. The molecule has 0 radical (unpaired) electrons. The fourth-order valence-corrected chi connectivity index (χ4v) is 7.08. The molecule has 2 heterocycles. The highest BCUT2D eigenvalue weighted by molar-refractivity contribution is 8.08. The Labute approximate surface area is 212 Å². The molecule has 14 heteroatoms. The number of H-pyrrole nitrogens is 1. The van der Waals surface area contributed by atoms with Gasteiger partial charge < -0.3 is 10.3 Å². The minimum Gasteiger partial charge on any atom is -0.362 e. The zero-order valence-corrected chi connectivity index (χ0v) is 21.8. The van der Waals surface area contributed by atoms with Crippen LogP contribution in [0, 0.1) is 12.7 Å². The van der Waals surface area contributed by atoms with Crippen molar-refractivity contribution >= 4 is 54.1 Å². The number of sulfone groups is 1. The van der Waals surface area contributed by atoms with Gasteiger partial charge >= 0.3 is 0 Å². The molecule has 1 atom stereocenters. The Morgan fingerprint density at radius 2 is 1.89 bits per heavy atom. The molecule has 4 rings (SSSR count). The molecule has 2 aromatic carbocycles. The summed E-state index contributed by atoms with van der Waals surface area (Å²) in [5, 5.41) is 2.34. The van der Waals surface area contributed by atoms with Crippen molar-refractivity contribution in [3.63, 3.8) is 0 Å². The summed E-state index contributed by atoms with van der Waals surface area (Å²) in [6.07, 6.45) is 3.64. The molecule has 2 aromatic heterocycles. The Morgan fingerprint density at radius 3 is 2.58 bits per heavy atom. The predicted octanol–water partition coefficient (Wildman–Crippen LogP) is 4.04. The summed E-state index contributed by atoms with van der Waals surface area (Å²) < 4.78 is 65.6. The van der Waals surface area contributed by atoms with Crippen LogP contribution in [-0.4, -0.2) is 48.1 Å². The van der Waals surface area contributed by atoms with Crippen molar-refractivity contribution in [3.8, 4) is 11.1 Å². The SMILES string of the molecule is Cc1c(Cl)cc(C(C)Nc2ncnc3nc[nH]c23)c(-c2cccc(F)c2)c1NS(=O)(=O)CS(C)(=O)=O. The lowest BCUT2D eigenvalue weighted by molar-refractivity contribution is 0.595. The van der Waals surface area contributed by atoms with Crippen LogP contribution in [0.2, 0.25) is 5.02 Å². The van der Waals surface area contributed by atoms with Gasteiger partial charge in [-0.3, -0.25) is 4.72 Å². The van der Waals surface area contributed by atoms with Gasteiger partial charge in [-0.15, -0.1) is 0 Å². The highest BCUT2D eigenvalue weighted by Crippen LogP contribution is 2.42. The number of sulfonamides is 1. The van der Waals surface area contributed by atoms with Crippen LogP contribution in [0.5, 0.6) is 0 Å². The number of nitrogens with one attached hydrogen (secondary N) is 3. The first-order valence-corrected chi connectivity index (χ1v) is 14.6. The van der Waals surface area contributed by atoms with Crippen LogP contribution in [0.3, 0.4) is 0 Å². The second-order valence-corrected chi connectivity index (χ2v) is 12.9. The second kappa shape index (κ2) is 9.64. The third-order valence-electron chi connectivity index (χ3n) is 5.34. The predicted molar refractivity (Wildman–Crippen MR) is 138 cm³/mol. The molecule has 0 bridgehead atoms. The zero-order chi connectivity index (χ0) is 26.3. The molecule has 4 aromatic rings. The molecular formula is C22H22ClFN6O4S2. The Hall–Kier alpha value is -3.29. The monoisotopic (exact) mass is 552 g/mol. The molecule has 0 fully saturated rings. The van der Waals surface area contributed by atoms with Crippen molar-refractivity contribution in [1.82, 2.24) is 19.9 Å². The van der Waals surface area contributed by atoms with E-state index in [0.717, 1.165) is 6.26 Å². The fraction of sp³-hybridized carbons (Fsp3) is 0.227. The molecule has 0 aliphatic heterocycles. The maximum Gasteiger partial charge on any atom is 0.247 e. The van der Waals surface area contributed by atoms with E-state index in [1.165, 1.54) is 30.9 Å². The van der Waals surface area contributed by atoms with E-state index < -0.39 is 36.8 Å². The molecular weight excluding hydrogens is 531 g/mol. The maximum absolute atomic E-state index is 14.3. The van der Waals surface area contributed by atoms with Crippen molar-refractivity contribution in [1.29, 1.82) is 0 Å². The van der Waals surface area contributed by atoms with E-state index >= 15 is 0 Å². The minimum atomic E-state index is -4.34. The topological polar surface area (TPSA) is 147 Å². The van der Waals surface area contributed by atoms with Crippen LogP contribution in [0.15, 0.2) is 43.0 Å². The van der Waals surface area contributed by atoms with Crippen LogP contribution in [-0.2, 0) is 19.9 Å². The Morgan fingerprint density at radius 1 is 1.14 bits per heavy atom. The van der Waals surface area contributed by atoms with Gasteiger partial charge in [0.25, 0.3) is 0 Å². The van der Waals surface area contributed by atoms with E-state index in [2.05, 4.69) is 30.0 Å². The largest absolute Gasteiger partial charge is 0.362 e. The number of aromatic amines is 1. The van der Waals surface area contributed by atoms with Crippen molar-refractivity contribution < 1.29 is 21.2 Å². The lowest BCUT2D eigenvalue weighted by Crippen LogP contribution is -2.23. The quantitative estimate of drug-likeness (QED) is 0.297. The number of hydrogen-bond donors (Lipinski definition) is 3. The third kappa shape index (κ3) is 5.58. The summed E-state index contributed by atoms with van der Waals surface area (Å²) in [5.74, 6) is -0.0994. The van der Waals surface area contributed by atoms with Gasteiger partial charge in [-0.2, -0.15) is 0 Å². The summed E-state index contributed by atoms with van der Waals surface area (Å²) >= 11 is 6.50. The van der Waals surface area contributed by atoms with Crippen LogP contribution < -0.4 is 10.0 Å². The molecule has 36 heavy (non-hydrogen) atoms. The highest BCUT2D eigenvalue weighted by atomic mass is 35.5. The second-order valence-electron chi connectivity index (χ2n) is 8.28. The highest BCUT2D eigenvalue weighted by Gasteiger charge is 2.26. The first-order valence-electron chi connectivity index (χ1n) is 10.5. The third-order valence-corrected chi connectivity index (χ3v) is 9.20. The summed E-state index contributed by atoms with van der Waals surface area (Å²) in [5.41, 5.74) is 2.62. The molecule has 3 N–H and O–H groups in total. The van der Waals surface area contributed by atoms with Crippen molar-refractivity contribution in [2.45, 2.75) is 19.9 Å². The standard InChI is InChI=1S/C22H22ClFN6O4S2/c1-12-17(23)8-16(13(2)29-22-20-21(26-9-25-20)27-10-28-22)18(14-5-4-6-15(24)7-14)19(12)30-36(33,34)11-35(3,31)32/h4-10,13,30H,11H2,1-3H3,(H2,25,26,27,28,29). The van der Waals surface area contributed by atoms with E-state index in [9.17, 15) is 21.2 Å². The first kappa shape index (κ1) is 25.8. The van der Waals surface area contributed by atoms with Crippen LogP contribution >= 0.6 is 11.6 Å². The van der Waals surface area contributed by atoms with Gasteiger partial charge in [-0.1, -0.05) is 23.7 Å². The van der Waals surface area contributed by atoms with Gasteiger partial charge in [-0.05, 0) is 48.7 Å². The van der Waals surface area contributed by atoms with Gasteiger partial charge in [0.2, 0.25) is 10.0 Å². The van der Waals surface area contributed by atoms with Crippen molar-refractivity contribution in [3.05, 3.63) is 65.0 Å². The molecule has 0 saturated heterocycles. The molecule has 10 nitrogen and oxygen atoms in total. The lowest BCUT2D eigenvalue weighted by atomic mass is 9.91. The van der Waals surface area contributed by atoms with Gasteiger partial charge in [0.1, 0.15) is 17.7 Å². The van der Waals surface area contributed by atoms with Crippen LogP contribution in [0.1, 0.15) is 24.1 Å². The number of hydrogen-bond acceptors (Lipinski definition) is 8. The molecule has 0 aliphatic rings. The molecule has 0 spiro atoms. The number of aromatic nitrogens is 4. The Kier molecular flexibility index (Phi) is 6.90. The van der Waals surface area contributed by atoms with Crippen molar-refractivity contribution in [2.24, 2.45) is 0 Å². The van der Waals surface area contributed by atoms with E-state index in [1.807, 2.05) is 0 Å². The number of nitrogens with zero attached hydrogens (tertiary/aromatic N) is 3. The normalized spacial score (nSPS) is 13.0. The molecule has 0 amide bonds. The summed E-state index contributed by atoms with van der Waals surface area (Å²) in [4.78, 5) is 15.4. The zero-order valence-electron chi connectivity index (χ0n) is 19.4. The van der Waals surface area contributed by atoms with Crippen molar-refractivity contribution in [2.75, 3.05) is 21.4 Å². The number of rotatable bonds is 8. The number of imidazole rings is 1. The van der Waals surface area contributed by atoms with Crippen LogP contribution in [0.25, 0.3) is 22.3 Å². The lowest BCUT2D eigenvalue weighted by Gasteiger charge is -2.24. The van der Waals surface area contributed by atoms with E-state index in [4.69, 9.17) is 11.6 Å². The number of benzene rings is 2. The van der Waals surface area contributed by atoms with E-state index in [1.54, 1.807) is 26.0 Å². The smallest absolute Gasteiger partial charge is 0.247 e. The summed E-state index contributed by atoms with van der Waals surface area (Å²) in [6, 6.07) is 6.75. The summed E-state index contributed by atoms with van der Waals surface area (Å²) in [6.45, 7) is 3.38. The molecule has 190 valence electrons. The molecule has 0 saturated carbocycles. The average Bonchev–Trinajstić information content (AvgIpc) is 3.25. The van der Waals surface area contributed by atoms with Gasteiger partial charge in [0, 0.05) is 16.8 Å². The molecule has 0 aliphatic carbocycles. The minimum absolute atomic E-state index is 0.0507. The average molecular weight is 553 g/mol. The number of fused-ring (bicyclic) bond motifs is 1. The van der Waals surface area contributed by atoms with E-state index in [-0.39, 0.29) is 10.7 Å².